The van der Waals surface area contributed by atoms with Crippen molar-refractivity contribution in [1.29, 1.82) is 0 Å². The summed E-state index contributed by atoms with van der Waals surface area (Å²) in [7, 11) is 1.22. The molecule has 0 spiro atoms. The van der Waals surface area contributed by atoms with Gasteiger partial charge in [0.1, 0.15) is 0 Å². The normalized spacial score (nSPS) is 40.3. The summed E-state index contributed by atoms with van der Waals surface area (Å²) in [4.78, 5) is 0. The summed E-state index contributed by atoms with van der Waals surface area (Å²) < 4.78 is 0. The SMILES string of the molecule is CC1CC[C@H](CP(C(C)(C)C)C(C)(C)C)[C@@H]1CPC(C)(C)CC12CC3CC(CC(C3)C1)C2. The van der Waals surface area contributed by atoms with E-state index in [-0.39, 0.29) is 7.92 Å². The molecule has 0 aromatic carbocycles. The van der Waals surface area contributed by atoms with E-state index < -0.39 is 0 Å². The Balaban J connectivity index is 1.38. The molecule has 0 nitrogen and oxygen atoms in total. The average Bonchev–Trinajstić information content (AvgIpc) is 2.93. The Bertz CT molecular complexity index is 599. The van der Waals surface area contributed by atoms with Gasteiger partial charge in [0.05, 0.1) is 0 Å². The lowest BCUT2D eigenvalue weighted by molar-refractivity contribution is -0.0610. The van der Waals surface area contributed by atoms with Crippen LogP contribution >= 0.6 is 16.5 Å². The van der Waals surface area contributed by atoms with Crippen LogP contribution in [0.3, 0.4) is 0 Å². The zero-order valence-corrected chi connectivity index (χ0v) is 25.1. The maximum Gasteiger partial charge on any atom is -0.0173 e. The second-order valence-corrected chi connectivity index (χ2v) is 21.8. The molecule has 2 unspecified atom stereocenters. The Morgan fingerprint density at radius 1 is 0.781 bits per heavy atom. The zero-order valence-electron chi connectivity index (χ0n) is 23.2. The lowest BCUT2D eigenvalue weighted by atomic mass is 9.48. The Kier molecular flexibility index (Phi) is 7.35. The Morgan fingerprint density at radius 3 is 1.75 bits per heavy atom. The van der Waals surface area contributed by atoms with Crippen molar-refractivity contribution in [2.24, 2.45) is 40.9 Å². The van der Waals surface area contributed by atoms with Gasteiger partial charge in [0.25, 0.3) is 0 Å². The largest absolute Gasteiger partial charge is 0.116 e. The molecule has 0 aromatic heterocycles. The maximum atomic E-state index is 2.66. The molecule has 5 fully saturated rings. The molecule has 32 heavy (non-hydrogen) atoms. The number of hydrogen-bond donors (Lipinski definition) is 0. The van der Waals surface area contributed by atoms with Gasteiger partial charge >= 0.3 is 0 Å². The summed E-state index contributed by atoms with van der Waals surface area (Å²) in [5.41, 5.74) is 0.749. The highest BCUT2D eigenvalue weighted by molar-refractivity contribution is 7.60. The fraction of sp³-hybridized carbons (Fsp3) is 1.00. The van der Waals surface area contributed by atoms with Gasteiger partial charge in [-0.25, -0.2) is 0 Å². The molecule has 5 rings (SSSR count). The second-order valence-electron chi connectivity index (χ2n) is 15.8. The summed E-state index contributed by atoms with van der Waals surface area (Å²) in [5.74, 6) is 6.27. The van der Waals surface area contributed by atoms with Crippen molar-refractivity contribution in [3.8, 4) is 0 Å². The smallest absolute Gasteiger partial charge is 0.0173 e. The molecule has 0 N–H and O–H groups in total. The minimum Gasteiger partial charge on any atom is -0.116 e. The Labute approximate surface area is 205 Å². The van der Waals surface area contributed by atoms with Crippen LogP contribution in [0.1, 0.15) is 120 Å². The van der Waals surface area contributed by atoms with Gasteiger partial charge in [0, 0.05) is 0 Å². The van der Waals surface area contributed by atoms with Crippen molar-refractivity contribution in [2.45, 2.75) is 136 Å². The van der Waals surface area contributed by atoms with Crippen LogP contribution < -0.4 is 0 Å². The van der Waals surface area contributed by atoms with Crippen molar-refractivity contribution in [2.75, 3.05) is 12.3 Å². The van der Waals surface area contributed by atoms with Gasteiger partial charge in [0.2, 0.25) is 0 Å². The highest BCUT2D eigenvalue weighted by atomic mass is 31.1. The fourth-order valence-electron chi connectivity index (χ4n) is 9.65. The minimum absolute atomic E-state index is 0.0424. The van der Waals surface area contributed by atoms with Gasteiger partial charge in [-0.3, -0.25) is 0 Å². The molecule has 0 aliphatic heterocycles. The lowest BCUT2D eigenvalue weighted by Gasteiger charge is -2.58. The quantitative estimate of drug-likeness (QED) is 0.319. The summed E-state index contributed by atoms with van der Waals surface area (Å²) in [6, 6.07) is 0. The van der Waals surface area contributed by atoms with Crippen molar-refractivity contribution >= 4 is 16.5 Å². The first kappa shape index (κ1) is 25.9. The van der Waals surface area contributed by atoms with Gasteiger partial charge in [-0.2, -0.15) is 0 Å². The first-order valence-electron chi connectivity index (χ1n) is 14.2. The summed E-state index contributed by atoms with van der Waals surface area (Å²) >= 11 is 0. The van der Waals surface area contributed by atoms with E-state index in [1.165, 1.54) is 33.7 Å². The first-order chi connectivity index (χ1) is 14.7. The molecule has 0 saturated heterocycles. The molecule has 0 aromatic rings. The third-order valence-electron chi connectivity index (χ3n) is 10.2. The van der Waals surface area contributed by atoms with E-state index in [9.17, 15) is 0 Å². The highest BCUT2D eigenvalue weighted by Crippen LogP contribution is 2.65. The van der Waals surface area contributed by atoms with Gasteiger partial charge in [-0.15, -0.1) is 8.58 Å². The summed E-state index contributed by atoms with van der Waals surface area (Å²) in [5, 5.41) is 1.52. The molecular formula is C30H56P2. The van der Waals surface area contributed by atoms with E-state index in [0.29, 0.717) is 15.5 Å². The third-order valence-corrected chi connectivity index (χ3v) is 16.0. The topological polar surface area (TPSA) is 0 Å². The van der Waals surface area contributed by atoms with Crippen LogP contribution in [0.2, 0.25) is 0 Å². The molecule has 0 amide bonds. The van der Waals surface area contributed by atoms with Crippen molar-refractivity contribution in [1.82, 2.24) is 0 Å². The van der Waals surface area contributed by atoms with Crippen LogP contribution in [0.15, 0.2) is 0 Å². The van der Waals surface area contributed by atoms with E-state index in [0.717, 1.165) is 40.9 Å². The molecule has 5 saturated carbocycles. The van der Waals surface area contributed by atoms with Gasteiger partial charge in [-0.05, 0) is 120 Å². The van der Waals surface area contributed by atoms with Crippen LogP contribution in [0.25, 0.3) is 0 Å². The average molecular weight is 479 g/mol. The summed E-state index contributed by atoms with van der Waals surface area (Å²) in [6.45, 7) is 23.0. The number of rotatable bonds is 7. The van der Waals surface area contributed by atoms with E-state index in [1.807, 2.05) is 0 Å². The molecule has 0 heterocycles. The van der Waals surface area contributed by atoms with Crippen LogP contribution in [0.4, 0.5) is 0 Å². The van der Waals surface area contributed by atoms with Crippen LogP contribution in [0.5, 0.6) is 0 Å². The van der Waals surface area contributed by atoms with Gasteiger partial charge in [-0.1, -0.05) is 76.7 Å². The predicted octanol–water partition coefficient (Wildman–Crippen LogP) is 9.79. The van der Waals surface area contributed by atoms with Crippen LogP contribution in [-0.4, -0.2) is 27.8 Å². The summed E-state index contributed by atoms with van der Waals surface area (Å²) in [6.07, 6.45) is 17.2. The minimum atomic E-state index is 0.0424. The Morgan fingerprint density at radius 2 is 1.28 bits per heavy atom. The van der Waals surface area contributed by atoms with Crippen LogP contribution in [0, 0.1) is 40.9 Å². The van der Waals surface area contributed by atoms with Crippen molar-refractivity contribution in [3.05, 3.63) is 0 Å². The van der Waals surface area contributed by atoms with Crippen molar-refractivity contribution in [3.63, 3.8) is 0 Å². The van der Waals surface area contributed by atoms with E-state index in [2.05, 4.69) is 62.3 Å². The molecular weight excluding hydrogens is 422 g/mol. The van der Waals surface area contributed by atoms with E-state index in [1.54, 1.807) is 44.9 Å². The highest BCUT2D eigenvalue weighted by Gasteiger charge is 2.52. The number of hydrogen-bond acceptors (Lipinski definition) is 0. The third kappa shape index (κ3) is 5.80. The van der Waals surface area contributed by atoms with Gasteiger partial charge in [0.15, 0.2) is 0 Å². The Hall–Kier alpha value is 0.860. The van der Waals surface area contributed by atoms with E-state index in [4.69, 9.17) is 0 Å². The molecule has 4 bridgehead atoms. The van der Waals surface area contributed by atoms with Crippen molar-refractivity contribution < 1.29 is 0 Å². The lowest BCUT2D eigenvalue weighted by Crippen LogP contribution is -2.48. The monoisotopic (exact) mass is 478 g/mol. The molecule has 5 aliphatic carbocycles. The van der Waals surface area contributed by atoms with Gasteiger partial charge < -0.3 is 0 Å². The predicted molar refractivity (Wildman–Crippen MR) is 149 cm³/mol. The molecule has 2 heteroatoms. The molecule has 0 radical (unpaired) electrons. The first-order valence-corrected chi connectivity index (χ1v) is 16.9. The maximum absolute atomic E-state index is 2.66. The van der Waals surface area contributed by atoms with E-state index >= 15 is 0 Å². The van der Waals surface area contributed by atoms with Crippen LogP contribution in [-0.2, 0) is 0 Å². The zero-order chi connectivity index (χ0) is 23.5. The molecule has 5 aliphatic rings. The fourth-order valence-corrected chi connectivity index (χ4v) is 15.7. The second kappa shape index (κ2) is 9.06. The standard InChI is InChI=1S/C30H56P2/c1-21-10-11-25(19-32(27(2,3)4)28(5,6)7)26(21)18-31-29(8,9)20-30-15-22-12-23(16-30)14-24(13-22)17-30/h21-26,31H,10-20H2,1-9H3/t21?,22?,23?,24?,25-,26-,30?/m1/s1. The molecule has 4 atom stereocenters. The molecule has 186 valence electrons.